The van der Waals surface area contributed by atoms with E-state index in [1.165, 1.54) is 26.0 Å². The van der Waals surface area contributed by atoms with Crippen molar-refractivity contribution in [1.29, 1.82) is 0 Å². The molecule has 2 saturated carbocycles. The first-order valence-corrected chi connectivity index (χ1v) is 12.3. The summed E-state index contributed by atoms with van der Waals surface area (Å²) in [7, 11) is 0. The van der Waals surface area contributed by atoms with Gasteiger partial charge in [-0.05, 0) is 61.8 Å². The average Bonchev–Trinajstić information content (AvgIpc) is 3.72. The van der Waals surface area contributed by atoms with Crippen LogP contribution in [0.1, 0.15) is 63.1 Å². The van der Waals surface area contributed by atoms with Crippen LogP contribution in [-0.4, -0.2) is 35.4 Å². The highest BCUT2D eigenvalue weighted by atomic mass is 19.4. The largest absolute Gasteiger partial charge is 0.407 e. The molecule has 2 fully saturated rings. The standard InChI is InChI=1S/C27H32F4N4O2/c1-24(2,28)15-20(22(36)35-26(33)13-14-26)34-21(27(29,30)31)18-5-3-16(4-6-18)17-7-9-19(10-8-17)25(11-12-25)23(32)37/h3-10,20-21,34H,11-15,33H2,1-2H3,(H2,32,37)(H,35,36)/t20-,21-/m0/s1. The van der Waals surface area contributed by atoms with E-state index in [9.17, 15) is 27.2 Å². The number of amides is 2. The molecule has 0 aliphatic heterocycles. The number of carbonyl (C=O) groups is 2. The first-order chi connectivity index (χ1) is 17.1. The number of nitrogens with one attached hydrogen (secondary N) is 2. The van der Waals surface area contributed by atoms with E-state index in [-0.39, 0.29) is 11.5 Å². The fourth-order valence-corrected chi connectivity index (χ4v) is 4.54. The van der Waals surface area contributed by atoms with Gasteiger partial charge in [0, 0.05) is 6.42 Å². The van der Waals surface area contributed by atoms with Crippen LogP contribution in [0, 0.1) is 0 Å². The predicted molar refractivity (Wildman–Crippen MR) is 132 cm³/mol. The second-order valence-corrected chi connectivity index (χ2v) is 10.9. The SMILES string of the molecule is CC(C)(F)C[C@H](N[C@@H](c1ccc(-c2ccc(C3(C(N)=O)CC3)cc2)cc1)C(F)(F)F)C(=O)NC1(N)CC1. The van der Waals surface area contributed by atoms with Gasteiger partial charge >= 0.3 is 6.18 Å². The third-order valence-electron chi connectivity index (χ3n) is 7.10. The molecule has 0 bridgehead atoms. The van der Waals surface area contributed by atoms with Gasteiger partial charge in [0.15, 0.2) is 0 Å². The summed E-state index contributed by atoms with van der Waals surface area (Å²) in [5, 5.41) is 4.87. The van der Waals surface area contributed by atoms with Crippen molar-refractivity contribution in [3.05, 3.63) is 59.7 Å². The van der Waals surface area contributed by atoms with Crippen LogP contribution in [0.2, 0.25) is 0 Å². The van der Waals surface area contributed by atoms with Gasteiger partial charge in [-0.1, -0.05) is 48.5 Å². The van der Waals surface area contributed by atoms with E-state index in [1.807, 2.05) is 12.1 Å². The maximum absolute atomic E-state index is 14.4. The Kier molecular flexibility index (Phi) is 6.87. The molecule has 4 rings (SSSR count). The Morgan fingerprint density at radius 2 is 1.43 bits per heavy atom. The molecule has 37 heavy (non-hydrogen) atoms. The third kappa shape index (κ3) is 6.30. The number of primary amides is 1. The number of rotatable bonds is 10. The molecule has 2 amide bonds. The number of hydrogen-bond acceptors (Lipinski definition) is 4. The molecule has 2 aromatic rings. The summed E-state index contributed by atoms with van der Waals surface area (Å²) in [5.74, 6) is -1.13. The lowest BCUT2D eigenvalue weighted by molar-refractivity contribution is -0.161. The summed E-state index contributed by atoms with van der Waals surface area (Å²) in [6.07, 6.45) is -2.77. The van der Waals surface area contributed by atoms with E-state index in [4.69, 9.17) is 11.5 Å². The molecule has 0 radical (unpaired) electrons. The van der Waals surface area contributed by atoms with E-state index in [1.54, 1.807) is 24.3 Å². The molecule has 2 aliphatic carbocycles. The molecule has 200 valence electrons. The van der Waals surface area contributed by atoms with Crippen LogP contribution < -0.4 is 22.1 Å². The van der Waals surface area contributed by atoms with Gasteiger partial charge in [-0.15, -0.1) is 0 Å². The number of alkyl halides is 4. The molecule has 0 heterocycles. The predicted octanol–water partition coefficient (Wildman–Crippen LogP) is 4.14. The molecule has 0 saturated heterocycles. The van der Waals surface area contributed by atoms with Crippen LogP contribution in [0.25, 0.3) is 11.1 Å². The third-order valence-corrected chi connectivity index (χ3v) is 7.10. The molecule has 0 aromatic heterocycles. The normalized spacial score (nSPS) is 19.5. The molecule has 2 aliphatic rings. The smallest absolute Gasteiger partial charge is 0.369 e. The Labute approximate surface area is 213 Å². The molecule has 6 N–H and O–H groups in total. The molecule has 6 nitrogen and oxygen atoms in total. The van der Waals surface area contributed by atoms with Crippen molar-refractivity contribution in [2.24, 2.45) is 11.5 Å². The number of hydrogen-bond donors (Lipinski definition) is 4. The molecule has 0 spiro atoms. The number of benzene rings is 2. The second-order valence-electron chi connectivity index (χ2n) is 10.9. The van der Waals surface area contributed by atoms with Crippen molar-refractivity contribution in [2.75, 3.05) is 0 Å². The van der Waals surface area contributed by atoms with Crippen molar-refractivity contribution >= 4 is 11.8 Å². The Morgan fingerprint density at radius 1 is 0.919 bits per heavy atom. The summed E-state index contributed by atoms with van der Waals surface area (Å²) in [6, 6.07) is 9.37. The molecular formula is C27H32F4N4O2. The highest BCUT2D eigenvalue weighted by Crippen LogP contribution is 2.48. The van der Waals surface area contributed by atoms with Gasteiger partial charge in [0.1, 0.15) is 11.7 Å². The number of carbonyl (C=O) groups excluding carboxylic acids is 2. The lowest BCUT2D eigenvalue weighted by Gasteiger charge is -2.30. The molecule has 2 aromatic carbocycles. The van der Waals surface area contributed by atoms with Crippen molar-refractivity contribution in [3.8, 4) is 11.1 Å². The van der Waals surface area contributed by atoms with Crippen molar-refractivity contribution in [2.45, 2.75) is 81.0 Å². The fourth-order valence-electron chi connectivity index (χ4n) is 4.54. The van der Waals surface area contributed by atoms with Gasteiger partial charge in [0.05, 0.1) is 17.1 Å². The van der Waals surface area contributed by atoms with Crippen molar-refractivity contribution in [3.63, 3.8) is 0 Å². The fraction of sp³-hybridized carbons (Fsp3) is 0.481. The Balaban J connectivity index is 1.54. The topological polar surface area (TPSA) is 110 Å². The van der Waals surface area contributed by atoms with E-state index in [2.05, 4.69) is 10.6 Å². The van der Waals surface area contributed by atoms with Gasteiger partial charge in [-0.3, -0.25) is 14.9 Å². The van der Waals surface area contributed by atoms with E-state index >= 15 is 0 Å². The van der Waals surface area contributed by atoms with Crippen LogP contribution in [-0.2, 0) is 15.0 Å². The number of halogens is 4. The summed E-state index contributed by atoms with van der Waals surface area (Å²) in [5.41, 5.74) is 10.1. The molecule has 10 heteroatoms. The van der Waals surface area contributed by atoms with E-state index in [0.29, 0.717) is 31.2 Å². The monoisotopic (exact) mass is 520 g/mol. The van der Waals surface area contributed by atoms with E-state index in [0.717, 1.165) is 11.1 Å². The van der Waals surface area contributed by atoms with Gasteiger partial charge in [-0.2, -0.15) is 13.2 Å². The lowest BCUT2D eigenvalue weighted by atomic mass is 9.92. The minimum absolute atomic E-state index is 0.109. The highest BCUT2D eigenvalue weighted by molar-refractivity contribution is 5.90. The minimum atomic E-state index is -4.74. The number of nitrogens with two attached hydrogens (primary N) is 2. The average molecular weight is 521 g/mol. The zero-order valence-corrected chi connectivity index (χ0v) is 20.8. The zero-order valence-electron chi connectivity index (χ0n) is 20.8. The van der Waals surface area contributed by atoms with Crippen molar-refractivity contribution in [1.82, 2.24) is 10.6 Å². The van der Waals surface area contributed by atoms with Gasteiger partial charge < -0.3 is 16.8 Å². The maximum atomic E-state index is 14.4. The summed E-state index contributed by atoms with van der Waals surface area (Å²) in [6.45, 7) is 2.42. The van der Waals surface area contributed by atoms with Crippen LogP contribution in [0.15, 0.2) is 48.5 Å². The first-order valence-electron chi connectivity index (χ1n) is 12.3. The van der Waals surface area contributed by atoms with Crippen LogP contribution >= 0.6 is 0 Å². The quantitative estimate of drug-likeness (QED) is 0.279. The van der Waals surface area contributed by atoms with Crippen molar-refractivity contribution < 1.29 is 27.2 Å². The first kappa shape index (κ1) is 27.1. The Bertz CT molecular complexity index is 1150. The zero-order chi connectivity index (χ0) is 27.2. The highest BCUT2D eigenvalue weighted by Gasteiger charge is 2.50. The van der Waals surface area contributed by atoms with Crippen LogP contribution in [0.5, 0.6) is 0 Å². The molecule has 0 unspecified atom stereocenters. The van der Waals surface area contributed by atoms with E-state index < -0.39 is 47.3 Å². The maximum Gasteiger partial charge on any atom is 0.407 e. The van der Waals surface area contributed by atoms with Gasteiger partial charge in [-0.25, -0.2) is 4.39 Å². The summed E-state index contributed by atoms with van der Waals surface area (Å²) >= 11 is 0. The summed E-state index contributed by atoms with van der Waals surface area (Å²) < 4.78 is 56.8. The minimum Gasteiger partial charge on any atom is -0.369 e. The Hall–Kier alpha value is -2.98. The van der Waals surface area contributed by atoms with Crippen LogP contribution in [0.4, 0.5) is 17.6 Å². The summed E-state index contributed by atoms with van der Waals surface area (Å²) in [4.78, 5) is 24.5. The molecule has 2 atom stereocenters. The lowest BCUT2D eigenvalue weighted by Crippen LogP contribution is -2.55. The molecular weight excluding hydrogens is 488 g/mol. The van der Waals surface area contributed by atoms with Crippen LogP contribution in [0.3, 0.4) is 0 Å². The Morgan fingerprint density at radius 3 is 1.84 bits per heavy atom. The van der Waals surface area contributed by atoms with Gasteiger partial charge in [0.2, 0.25) is 11.8 Å². The van der Waals surface area contributed by atoms with Gasteiger partial charge in [0.25, 0.3) is 0 Å². The second kappa shape index (κ2) is 9.40.